The van der Waals surface area contributed by atoms with Crippen molar-refractivity contribution in [2.45, 2.75) is 6.92 Å². The first-order chi connectivity index (χ1) is 8.60. The Morgan fingerprint density at radius 1 is 1.22 bits per heavy atom. The normalized spacial score (nSPS) is 10.4. The molecule has 2 N–H and O–H groups in total. The summed E-state index contributed by atoms with van der Waals surface area (Å²) < 4.78 is 16.3. The van der Waals surface area contributed by atoms with E-state index in [9.17, 15) is 0 Å². The lowest BCUT2D eigenvalue weighted by Crippen LogP contribution is -1.96. The van der Waals surface area contributed by atoms with Crippen molar-refractivity contribution >= 4 is 21.8 Å². The fourth-order valence-corrected chi connectivity index (χ4v) is 2.69. The highest BCUT2D eigenvalue weighted by molar-refractivity contribution is 9.10. The number of rotatable bonds is 3. The molecule has 1 aromatic heterocycles. The number of nitrogen functional groups attached to an aromatic ring is 1. The lowest BCUT2D eigenvalue weighted by Gasteiger charge is -2.15. The molecule has 0 aliphatic rings. The van der Waals surface area contributed by atoms with Crippen molar-refractivity contribution in [3.63, 3.8) is 0 Å². The van der Waals surface area contributed by atoms with E-state index in [1.165, 1.54) is 0 Å². The third-order valence-electron chi connectivity index (χ3n) is 2.66. The Kier molecular flexibility index (Phi) is 3.47. The summed E-state index contributed by atoms with van der Waals surface area (Å²) in [7, 11) is 3.20. The molecule has 0 fully saturated rings. The molecule has 0 aliphatic carbocycles. The van der Waals surface area contributed by atoms with Crippen LogP contribution in [0.15, 0.2) is 21.3 Å². The molecule has 0 amide bonds. The Labute approximate surface area is 113 Å². The van der Waals surface area contributed by atoms with Crippen LogP contribution < -0.4 is 15.2 Å². The quantitative estimate of drug-likeness (QED) is 0.943. The summed E-state index contributed by atoms with van der Waals surface area (Å²) >= 11 is 3.47. The van der Waals surface area contributed by atoms with E-state index in [-0.39, 0.29) is 5.88 Å². The van der Waals surface area contributed by atoms with Gasteiger partial charge in [-0.05, 0) is 34.5 Å². The van der Waals surface area contributed by atoms with Crippen molar-refractivity contribution in [3.8, 4) is 22.6 Å². The first-order valence-electron chi connectivity index (χ1n) is 5.21. The van der Waals surface area contributed by atoms with Gasteiger partial charge in [-0.2, -0.15) is 0 Å². The number of aryl methyl sites for hydroxylation is 1. The summed E-state index contributed by atoms with van der Waals surface area (Å²) in [6, 6.07) is 1.92. The molecule has 0 aliphatic heterocycles. The van der Waals surface area contributed by atoms with Crippen LogP contribution >= 0.6 is 15.9 Å². The van der Waals surface area contributed by atoms with Crippen LogP contribution in [0.2, 0.25) is 0 Å². The number of nitrogens with two attached hydrogens (primary N) is 1. The summed E-state index contributed by atoms with van der Waals surface area (Å²) in [6.07, 6.45) is 1.56. The molecule has 0 radical (unpaired) electrons. The Balaban J connectivity index is 2.72. The highest BCUT2D eigenvalue weighted by atomic mass is 79.9. The summed E-state index contributed by atoms with van der Waals surface area (Å²) in [5.41, 5.74) is 8.19. The minimum Gasteiger partial charge on any atom is -0.495 e. The zero-order chi connectivity index (χ0) is 13.3. The van der Waals surface area contributed by atoms with Gasteiger partial charge in [0.15, 0.2) is 0 Å². The summed E-state index contributed by atoms with van der Waals surface area (Å²) in [5, 5.41) is 3.67. The highest BCUT2D eigenvalue weighted by Crippen LogP contribution is 2.45. The van der Waals surface area contributed by atoms with E-state index in [4.69, 9.17) is 19.7 Å². The Morgan fingerprint density at radius 3 is 2.39 bits per heavy atom. The maximum atomic E-state index is 5.74. The molecule has 0 unspecified atom stereocenters. The van der Waals surface area contributed by atoms with Crippen LogP contribution in [0.4, 0.5) is 5.88 Å². The van der Waals surface area contributed by atoms with Crippen molar-refractivity contribution in [2.24, 2.45) is 0 Å². The SMILES string of the molecule is COc1c(C)cc(-c2cnoc2N)c(OC)c1Br. The van der Waals surface area contributed by atoms with Crippen LogP contribution in [0, 0.1) is 6.92 Å². The molecule has 1 aromatic carbocycles. The van der Waals surface area contributed by atoms with Crippen molar-refractivity contribution in [1.29, 1.82) is 0 Å². The molecular formula is C12H13BrN2O3. The van der Waals surface area contributed by atoms with Gasteiger partial charge in [-0.15, -0.1) is 0 Å². The topological polar surface area (TPSA) is 70.5 Å². The second kappa shape index (κ2) is 4.89. The van der Waals surface area contributed by atoms with E-state index < -0.39 is 0 Å². The molecular weight excluding hydrogens is 300 g/mol. The van der Waals surface area contributed by atoms with Gasteiger partial charge in [0, 0.05) is 5.56 Å². The second-order valence-corrected chi connectivity index (χ2v) is 4.52. The number of hydrogen-bond donors (Lipinski definition) is 1. The molecule has 0 atom stereocenters. The van der Waals surface area contributed by atoms with Crippen LogP contribution in [0.3, 0.4) is 0 Å². The lowest BCUT2D eigenvalue weighted by molar-refractivity contribution is 0.388. The average molecular weight is 313 g/mol. The molecule has 2 aromatic rings. The van der Waals surface area contributed by atoms with Crippen LogP contribution in [0.5, 0.6) is 11.5 Å². The largest absolute Gasteiger partial charge is 0.495 e. The van der Waals surface area contributed by atoms with Crippen molar-refractivity contribution in [1.82, 2.24) is 5.16 Å². The lowest BCUT2D eigenvalue weighted by atomic mass is 10.0. The van der Waals surface area contributed by atoms with Gasteiger partial charge in [-0.1, -0.05) is 5.16 Å². The second-order valence-electron chi connectivity index (χ2n) is 3.73. The molecule has 5 nitrogen and oxygen atoms in total. The maximum absolute atomic E-state index is 5.74. The smallest absolute Gasteiger partial charge is 0.230 e. The molecule has 0 saturated heterocycles. The molecule has 96 valence electrons. The monoisotopic (exact) mass is 312 g/mol. The molecule has 0 saturated carbocycles. The van der Waals surface area contributed by atoms with Gasteiger partial charge in [-0.25, -0.2) is 0 Å². The first kappa shape index (κ1) is 12.8. The molecule has 0 spiro atoms. The Bertz CT molecular complexity index is 581. The molecule has 6 heteroatoms. The zero-order valence-corrected chi connectivity index (χ0v) is 11.9. The van der Waals surface area contributed by atoms with Crippen LogP contribution in [0.1, 0.15) is 5.56 Å². The standard InChI is InChI=1S/C12H13BrN2O3/c1-6-4-7(8-5-15-18-12(8)14)11(17-3)9(13)10(6)16-2/h4-5H,14H2,1-3H3. The van der Waals surface area contributed by atoms with Crippen LogP contribution in [-0.2, 0) is 0 Å². The number of hydrogen-bond acceptors (Lipinski definition) is 5. The van der Waals surface area contributed by atoms with Crippen molar-refractivity contribution < 1.29 is 14.0 Å². The van der Waals surface area contributed by atoms with E-state index in [0.29, 0.717) is 11.3 Å². The van der Waals surface area contributed by atoms with Gasteiger partial charge in [0.2, 0.25) is 5.88 Å². The van der Waals surface area contributed by atoms with E-state index in [0.717, 1.165) is 21.3 Å². The van der Waals surface area contributed by atoms with Crippen molar-refractivity contribution in [3.05, 3.63) is 22.3 Å². The van der Waals surface area contributed by atoms with Gasteiger partial charge < -0.3 is 19.7 Å². The predicted molar refractivity (Wildman–Crippen MR) is 71.9 cm³/mol. The molecule has 18 heavy (non-hydrogen) atoms. The zero-order valence-electron chi connectivity index (χ0n) is 10.3. The molecule has 0 bridgehead atoms. The summed E-state index contributed by atoms with van der Waals surface area (Å²) in [6.45, 7) is 1.94. The molecule has 1 heterocycles. The number of halogens is 1. The summed E-state index contributed by atoms with van der Waals surface area (Å²) in [5.74, 6) is 1.61. The number of benzene rings is 1. The van der Waals surface area contributed by atoms with Gasteiger partial charge in [-0.3, -0.25) is 0 Å². The number of anilines is 1. The van der Waals surface area contributed by atoms with Crippen LogP contribution in [0.25, 0.3) is 11.1 Å². The number of nitrogens with zero attached hydrogens (tertiary/aromatic N) is 1. The van der Waals surface area contributed by atoms with Crippen LogP contribution in [-0.4, -0.2) is 19.4 Å². The predicted octanol–water partition coefficient (Wildman–Crippen LogP) is 3.01. The van der Waals surface area contributed by atoms with Gasteiger partial charge in [0.05, 0.1) is 26.0 Å². The van der Waals surface area contributed by atoms with Crippen molar-refractivity contribution in [2.75, 3.05) is 20.0 Å². The summed E-state index contributed by atoms with van der Waals surface area (Å²) in [4.78, 5) is 0. The Morgan fingerprint density at radius 2 is 1.89 bits per heavy atom. The highest BCUT2D eigenvalue weighted by Gasteiger charge is 2.20. The van der Waals surface area contributed by atoms with E-state index in [2.05, 4.69) is 21.1 Å². The van der Waals surface area contributed by atoms with E-state index in [1.54, 1.807) is 20.4 Å². The maximum Gasteiger partial charge on any atom is 0.230 e. The van der Waals surface area contributed by atoms with E-state index in [1.807, 2.05) is 13.0 Å². The fraction of sp³-hybridized carbons (Fsp3) is 0.250. The van der Waals surface area contributed by atoms with Gasteiger partial charge in [0.1, 0.15) is 16.0 Å². The third kappa shape index (κ3) is 1.92. The Hall–Kier alpha value is -1.69. The fourth-order valence-electron chi connectivity index (χ4n) is 1.84. The minimum absolute atomic E-state index is 0.254. The number of ether oxygens (including phenoxy) is 2. The minimum atomic E-state index is 0.254. The van der Waals surface area contributed by atoms with Gasteiger partial charge >= 0.3 is 0 Å². The van der Waals surface area contributed by atoms with E-state index >= 15 is 0 Å². The first-order valence-corrected chi connectivity index (χ1v) is 6.01. The third-order valence-corrected chi connectivity index (χ3v) is 3.38. The number of aromatic nitrogens is 1. The average Bonchev–Trinajstić information content (AvgIpc) is 2.75. The van der Waals surface area contributed by atoms with Gasteiger partial charge in [0.25, 0.3) is 0 Å². The number of methoxy groups -OCH3 is 2. The molecule has 2 rings (SSSR count).